The Kier molecular flexibility index (Phi) is 3.83. The molecule has 3 rings (SSSR count). The van der Waals surface area contributed by atoms with Crippen molar-refractivity contribution in [2.24, 2.45) is 7.05 Å². The smallest absolute Gasteiger partial charge is 0.296 e. The van der Waals surface area contributed by atoms with Crippen LogP contribution in [0.5, 0.6) is 0 Å². The highest BCUT2D eigenvalue weighted by Gasteiger charge is 2.25. The molecule has 1 amide bonds. The van der Waals surface area contributed by atoms with Crippen molar-refractivity contribution in [3.63, 3.8) is 0 Å². The zero-order valence-corrected chi connectivity index (χ0v) is 12.9. The van der Waals surface area contributed by atoms with Crippen molar-refractivity contribution in [3.8, 4) is 0 Å². The van der Waals surface area contributed by atoms with E-state index in [2.05, 4.69) is 10.2 Å². The van der Waals surface area contributed by atoms with Gasteiger partial charge in [-0.15, -0.1) is 0 Å². The van der Waals surface area contributed by atoms with E-state index >= 15 is 0 Å². The lowest BCUT2D eigenvalue weighted by Gasteiger charge is -2.17. The minimum Gasteiger partial charge on any atom is -0.348 e. The molecule has 6 nitrogen and oxygen atoms in total. The number of H-pyrrole nitrogens is 1. The Hall–Kier alpha value is -2.37. The molecule has 0 bridgehead atoms. The summed E-state index contributed by atoms with van der Waals surface area (Å²) in [6.07, 6.45) is 6.09. The molecule has 2 aromatic rings. The Bertz CT molecular complexity index is 714. The zero-order chi connectivity index (χ0) is 15.7. The number of rotatable bonds is 4. The molecule has 2 heterocycles. The maximum Gasteiger partial charge on any atom is 0.296 e. The van der Waals surface area contributed by atoms with Gasteiger partial charge in [0.05, 0.1) is 17.9 Å². The molecule has 0 aromatic carbocycles. The number of amides is 1. The predicted molar refractivity (Wildman–Crippen MR) is 81.4 cm³/mol. The third-order valence-electron chi connectivity index (χ3n) is 4.25. The topological polar surface area (TPSA) is 71.0 Å². The van der Waals surface area contributed by atoms with Crippen molar-refractivity contribution in [2.75, 3.05) is 7.05 Å². The summed E-state index contributed by atoms with van der Waals surface area (Å²) in [6, 6.07) is 3.41. The zero-order valence-electron chi connectivity index (χ0n) is 12.9. The third-order valence-corrected chi connectivity index (χ3v) is 4.25. The average molecular weight is 300 g/mol. The average Bonchev–Trinajstić information content (AvgIpc) is 3.12. The standard InChI is InChI=1S/C16H20N4O2/c1-19-9-5-8-14(19)15(21)16(22)20(2)10-13-11-6-3-4-7-12(11)17-18-13/h5,8-9H,3-4,6-7,10H2,1-2H3,(H,17,18). The Morgan fingerprint density at radius 2 is 2.14 bits per heavy atom. The number of nitrogens with zero attached hydrogens (tertiary/aromatic N) is 3. The van der Waals surface area contributed by atoms with E-state index < -0.39 is 11.7 Å². The molecule has 1 aliphatic carbocycles. The number of likely N-dealkylation sites (N-methyl/N-ethyl adjacent to an activating group) is 1. The van der Waals surface area contributed by atoms with E-state index in [4.69, 9.17) is 0 Å². The Morgan fingerprint density at radius 1 is 1.36 bits per heavy atom. The van der Waals surface area contributed by atoms with Crippen molar-refractivity contribution >= 4 is 11.7 Å². The molecule has 0 unspecified atom stereocenters. The molecule has 22 heavy (non-hydrogen) atoms. The van der Waals surface area contributed by atoms with E-state index in [9.17, 15) is 9.59 Å². The van der Waals surface area contributed by atoms with E-state index in [0.29, 0.717) is 12.2 Å². The van der Waals surface area contributed by atoms with Gasteiger partial charge in [-0.25, -0.2) is 0 Å². The normalized spacial score (nSPS) is 13.7. The number of hydrogen-bond acceptors (Lipinski definition) is 3. The number of carbonyl (C=O) groups is 2. The largest absolute Gasteiger partial charge is 0.348 e. The van der Waals surface area contributed by atoms with Crippen LogP contribution in [0.1, 0.15) is 40.3 Å². The summed E-state index contributed by atoms with van der Waals surface area (Å²) in [5.74, 6) is -0.992. The van der Waals surface area contributed by atoms with Crippen molar-refractivity contribution in [1.82, 2.24) is 19.7 Å². The molecule has 2 aromatic heterocycles. The number of fused-ring (bicyclic) bond motifs is 1. The number of nitrogens with one attached hydrogen (secondary N) is 1. The summed E-state index contributed by atoms with van der Waals surface area (Å²) in [6.45, 7) is 0.362. The fourth-order valence-corrected chi connectivity index (χ4v) is 2.96. The molecular weight excluding hydrogens is 280 g/mol. The van der Waals surface area contributed by atoms with Gasteiger partial charge in [0.15, 0.2) is 0 Å². The fraction of sp³-hybridized carbons (Fsp3) is 0.438. The predicted octanol–water partition coefficient (Wildman–Crippen LogP) is 1.47. The monoisotopic (exact) mass is 300 g/mol. The summed E-state index contributed by atoms with van der Waals surface area (Å²) in [5.41, 5.74) is 3.68. The first-order valence-electron chi connectivity index (χ1n) is 7.54. The van der Waals surface area contributed by atoms with Gasteiger partial charge in [-0.3, -0.25) is 14.7 Å². The van der Waals surface area contributed by atoms with E-state index in [1.54, 1.807) is 37.0 Å². The second-order valence-electron chi connectivity index (χ2n) is 5.83. The van der Waals surface area contributed by atoms with Gasteiger partial charge in [0.25, 0.3) is 11.7 Å². The van der Waals surface area contributed by atoms with Crippen molar-refractivity contribution in [3.05, 3.63) is 41.0 Å². The van der Waals surface area contributed by atoms with Crippen LogP contribution in [-0.2, 0) is 31.2 Å². The Labute approximate surface area is 129 Å². The van der Waals surface area contributed by atoms with Crippen LogP contribution in [0.25, 0.3) is 0 Å². The first kappa shape index (κ1) is 14.6. The molecular formula is C16H20N4O2. The van der Waals surface area contributed by atoms with Gasteiger partial charge in [-0.1, -0.05) is 0 Å². The number of hydrogen-bond donors (Lipinski definition) is 1. The van der Waals surface area contributed by atoms with E-state index in [1.807, 2.05) is 0 Å². The second-order valence-corrected chi connectivity index (χ2v) is 5.83. The van der Waals surface area contributed by atoms with E-state index in [0.717, 1.165) is 25.0 Å². The van der Waals surface area contributed by atoms with Crippen LogP contribution in [0, 0.1) is 0 Å². The maximum atomic E-state index is 12.3. The lowest BCUT2D eigenvalue weighted by atomic mass is 9.96. The van der Waals surface area contributed by atoms with Crippen molar-refractivity contribution < 1.29 is 9.59 Å². The summed E-state index contributed by atoms with van der Waals surface area (Å²) >= 11 is 0. The second kappa shape index (κ2) is 5.79. The van der Waals surface area contributed by atoms with Crippen LogP contribution in [0.3, 0.4) is 0 Å². The quantitative estimate of drug-likeness (QED) is 0.686. The lowest BCUT2D eigenvalue weighted by molar-refractivity contribution is -0.125. The highest BCUT2D eigenvalue weighted by atomic mass is 16.2. The number of carbonyl (C=O) groups excluding carboxylic acids is 2. The number of aryl methyl sites for hydroxylation is 2. The van der Waals surface area contributed by atoms with Gasteiger partial charge in [-0.05, 0) is 43.4 Å². The molecule has 0 radical (unpaired) electrons. The first-order valence-corrected chi connectivity index (χ1v) is 7.54. The molecule has 0 fully saturated rings. The van der Waals surface area contributed by atoms with Gasteiger partial charge in [-0.2, -0.15) is 5.10 Å². The van der Waals surface area contributed by atoms with Gasteiger partial charge in [0.1, 0.15) is 0 Å². The third kappa shape index (κ3) is 2.56. The van der Waals surface area contributed by atoms with Gasteiger partial charge >= 0.3 is 0 Å². The van der Waals surface area contributed by atoms with Crippen LogP contribution >= 0.6 is 0 Å². The van der Waals surface area contributed by atoms with Gasteiger partial charge in [0.2, 0.25) is 0 Å². The van der Waals surface area contributed by atoms with Crippen molar-refractivity contribution in [2.45, 2.75) is 32.2 Å². The van der Waals surface area contributed by atoms with Gasteiger partial charge < -0.3 is 9.47 Å². The first-order chi connectivity index (χ1) is 10.6. The molecule has 0 aliphatic heterocycles. The summed E-state index contributed by atoms with van der Waals surface area (Å²) in [7, 11) is 3.40. The van der Waals surface area contributed by atoms with Gasteiger partial charge in [0, 0.05) is 26.0 Å². The number of Topliss-reactive ketones (excluding diaryl/α,β-unsaturated/α-hetero) is 1. The molecule has 0 spiro atoms. The summed E-state index contributed by atoms with van der Waals surface area (Å²) < 4.78 is 1.66. The van der Waals surface area contributed by atoms with Crippen LogP contribution < -0.4 is 0 Å². The number of aromatic amines is 1. The molecule has 6 heteroatoms. The molecule has 0 saturated carbocycles. The Balaban J connectivity index is 1.73. The summed E-state index contributed by atoms with van der Waals surface area (Å²) in [5, 5.41) is 7.38. The van der Waals surface area contributed by atoms with Crippen LogP contribution in [0.4, 0.5) is 0 Å². The van der Waals surface area contributed by atoms with Crippen molar-refractivity contribution in [1.29, 1.82) is 0 Å². The van der Waals surface area contributed by atoms with Crippen LogP contribution in [0.15, 0.2) is 18.3 Å². The maximum absolute atomic E-state index is 12.3. The van der Waals surface area contributed by atoms with Crippen LogP contribution in [-0.4, -0.2) is 38.4 Å². The SMILES string of the molecule is CN(Cc1n[nH]c2c1CCCC2)C(=O)C(=O)c1cccn1C. The van der Waals surface area contributed by atoms with E-state index in [1.165, 1.54) is 22.6 Å². The molecule has 0 saturated heterocycles. The lowest BCUT2D eigenvalue weighted by Crippen LogP contribution is -2.34. The molecule has 0 atom stereocenters. The number of aromatic nitrogens is 3. The molecule has 1 N–H and O–H groups in total. The molecule has 1 aliphatic rings. The number of ketones is 1. The highest BCUT2D eigenvalue weighted by Crippen LogP contribution is 2.23. The molecule has 116 valence electrons. The van der Waals surface area contributed by atoms with E-state index in [-0.39, 0.29) is 0 Å². The summed E-state index contributed by atoms with van der Waals surface area (Å²) in [4.78, 5) is 26.0. The van der Waals surface area contributed by atoms with Crippen LogP contribution in [0.2, 0.25) is 0 Å². The minimum absolute atomic E-state index is 0.362. The highest BCUT2D eigenvalue weighted by molar-refractivity contribution is 6.42. The Morgan fingerprint density at radius 3 is 2.86 bits per heavy atom. The minimum atomic E-state index is -0.505. The fourth-order valence-electron chi connectivity index (χ4n) is 2.96.